The SMILES string of the molecule is Cc1cccc(C(=O)NCCc2ccc(S(=O)(=O)NC(=S)NC3CCCCC3)cc2)c1. The van der Waals surface area contributed by atoms with Gasteiger partial charge in [0.2, 0.25) is 0 Å². The molecule has 3 N–H and O–H groups in total. The van der Waals surface area contributed by atoms with Crippen LogP contribution in [-0.4, -0.2) is 32.0 Å². The van der Waals surface area contributed by atoms with Crippen LogP contribution in [0.15, 0.2) is 53.4 Å². The monoisotopic (exact) mass is 459 g/mol. The van der Waals surface area contributed by atoms with E-state index in [9.17, 15) is 13.2 Å². The number of carbonyl (C=O) groups is 1. The molecule has 3 rings (SSSR count). The Morgan fingerprint density at radius 2 is 1.77 bits per heavy atom. The van der Waals surface area contributed by atoms with Crippen LogP contribution in [0, 0.1) is 6.92 Å². The Hall–Kier alpha value is -2.45. The van der Waals surface area contributed by atoms with Crippen LogP contribution in [0.5, 0.6) is 0 Å². The van der Waals surface area contributed by atoms with Crippen LogP contribution in [-0.2, 0) is 16.4 Å². The molecule has 0 saturated heterocycles. The summed E-state index contributed by atoms with van der Waals surface area (Å²) in [6.45, 7) is 2.41. The van der Waals surface area contributed by atoms with Gasteiger partial charge >= 0.3 is 0 Å². The second kappa shape index (κ2) is 10.7. The summed E-state index contributed by atoms with van der Waals surface area (Å²) < 4.78 is 27.6. The lowest BCUT2D eigenvalue weighted by Gasteiger charge is -2.24. The Morgan fingerprint density at radius 3 is 2.45 bits per heavy atom. The number of hydrogen-bond acceptors (Lipinski definition) is 4. The fraction of sp³-hybridized carbons (Fsp3) is 0.391. The fourth-order valence-corrected chi connectivity index (χ4v) is 5.10. The van der Waals surface area contributed by atoms with Gasteiger partial charge in [-0.15, -0.1) is 0 Å². The van der Waals surface area contributed by atoms with Gasteiger partial charge in [0, 0.05) is 18.2 Å². The van der Waals surface area contributed by atoms with Crippen LogP contribution >= 0.6 is 12.2 Å². The molecule has 31 heavy (non-hydrogen) atoms. The molecule has 2 aromatic carbocycles. The zero-order valence-electron chi connectivity index (χ0n) is 17.7. The minimum absolute atomic E-state index is 0.119. The Bertz CT molecular complexity index is 1010. The first-order valence-corrected chi connectivity index (χ1v) is 12.5. The number of thiocarbonyl (C=S) groups is 1. The van der Waals surface area contributed by atoms with Gasteiger partial charge in [-0.2, -0.15) is 0 Å². The number of rotatable bonds is 7. The van der Waals surface area contributed by atoms with E-state index in [4.69, 9.17) is 12.2 Å². The van der Waals surface area contributed by atoms with Crippen LogP contribution in [0.25, 0.3) is 0 Å². The molecule has 0 spiro atoms. The summed E-state index contributed by atoms with van der Waals surface area (Å²) in [6, 6.07) is 14.3. The lowest BCUT2D eigenvalue weighted by Crippen LogP contribution is -2.44. The third-order valence-electron chi connectivity index (χ3n) is 5.38. The Balaban J connectivity index is 1.49. The molecule has 0 bridgehead atoms. The normalized spacial score (nSPS) is 14.6. The number of aryl methyl sites for hydroxylation is 1. The van der Waals surface area contributed by atoms with E-state index >= 15 is 0 Å². The third-order valence-corrected chi connectivity index (χ3v) is 7.10. The lowest BCUT2D eigenvalue weighted by molar-refractivity contribution is 0.0954. The Labute approximate surface area is 189 Å². The van der Waals surface area contributed by atoms with E-state index in [0.29, 0.717) is 18.5 Å². The number of benzene rings is 2. The molecule has 1 amide bonds. The molecule has 0 aliphatic heterocycles. The molecule has 0 radical (unpaired) electrons. The van der Waals surface area contributed by atoms with Crippen molar-refractivity contribution in [2.75, 3.05) is 6.54 Å². The first-order chi connectivity index (χ1) is 14.8. The predicted octanol–water partition coefficient (Wildman–Crippen LogP) is 3.45. The van der Waals surface area contributed by atoms with Gasteiger partial charge in [-0.3, -0.25) is 9.52 Å². The molecule has 1 saturated carbocycles. The number of nitrogens with one attached hydrogen (secondary N) is 3. The van der Waals surface area contributed by atoms with Crippen molar-refractivity contribution in [3.8, 4) is 0 Å². The van der Waals surface area contributed by atoms with Gasteiger partial charge in [0.1, 0.15) is 0 Å². The van der Waals surface area contributed by atoms with E-state index in [2.05, 4.69) is 15.4 Å². The molecule has 0 aromatic heterocycles. The fourth-order valence-electron chi connectivity index (χ4n) is 3.69. The number of carbonyl (C=O) groups excluding carboxylic acids is 1. The molecule has 8 heteroatoms. The molecular weight excluding hydrogens is 430 g/mol. The van der Waals surface area contributed by atoms with Crippen LogP contribution < -0.4 is 15.4 Å². The lowest BCUT2D eigenvalue weighted by atomic mass is 9.96. The first-order valence-electron chi connectivity index (χ1n) is 10.6. The predicted molar refractivity (Wildman–Crippen MR) is 127 cm³/mol. The van der Waals surface area contributed by atoms with Crippen molar-refractivity contribution in [3.05, 3.63) is 65.2 Å². The van der Waals surface area contributed by atoms with Gasteiger partial charge in [0.05, 0.1) is 4.90 Å². The Morgan fingerprint density at radius 1 is 1.06 bits per heavy atom. The first kappa shape index (κ1) is 23.2. The smallest absolute Gasteiger partial charge is 0.263 e. The molecule has 1 aliphatic rings. The van der Waals surface area contributed by atoms with Crippen LogP contribution in [0.3, 0.4) is 0 Å². The van der Waals surface area contributed by atoms with Crippen molar-refractivity contribution < 1.29 is 13.2 Å². The largest absolute Gasteiger partial charge is 0.359 e. The van der Waals surface area contributed by atoms with Crippen molar-refractivity contribution in [1.29, 1.82) is 0 Å². The van der Waals surface area contributed by atoms with E-state index in [0.717, 1.165) is 36.8 Å². The Kier molecular flexibility index (Phi) is 8.03. The highest BCUT2D eigenvalue weighted by atomic mass is 32.2. The number of sulfonamides is 1. The molecule has 0 unspecified atom stereocenters. The van der Waals surface area contributed by atoms with E-state index in [1.807, 2.05) is 25.1 Å². The second-order valence-electron chi connectivity index (χ2n) is 7.93. The van der Waals surface area contributed by atoms with Crippen LogP contribution in [0.4, 0.5) is 0 Å². The molecule has 6 nitrogen and oxygen atoms in total. The highest BCUT2D eigenvalue weighted by molar-refractivity contribution is 7.91. The van der Waals surface area contributed by atoms with Crippen molar-refractivity contribution in [2.45, 2.75) is 56.4 Å². The molecular formula is C23H29N3O3S2. The summed E-state index contributed by atoms with van der Waals surface area (Å²) in [7, 11) is -3.72. The summed E-state index contributed by atoms with van der Waals surface area (Å²) >= 11 is 5.20. The van der Waals surface area contributed by atoms with Gasteiger partial charge in [-0.25, -0.2) is 8.42 Å². The topological polar surface area (TPSA) is 87.3 Å². The van der Waals surface area contributed by atoms with Gasteiger partial charge < -0.3 is 10.6 Å². The quantitative estimate of drug-likeness (QED) is 0.552. The zero-order chi connectivity index (χ0) is 22.3. The van der Waals surface area contributed by atoms with E-state index in [1.54, 1.807) is 30.3 Å². The van der Waals surface area contributed by atoms with Crippen molar-refractivity contribution in [1.82, 2.24) is 15.4 Å². The molecule has 1 fully saturated rings. The van der Waals surface area contributed by atoms with E-state index in [-0.39, 0.29) is 22.0 Å². The molecule has 0 heterocycles. The van der Waals surface area contributed by atoms with Gasteiger partial charge in [0.25, 0.3) is 15.9 Å². The second-order valence-corrected chi connectivity index (χ2v) is 10.0. The summed E-state index contributed by atoms with van der Waals surface area (Å²) in [5.74, 6) is -0.119. The summed E-state index contributed by atoms with van der Waals surface area (Å²) in [4.78, 5) is 12.4. The third kappa shape index (κ3) is 7.04. The highest BCUT2D eigenvalue weighted by Gasteiger charge is 2.19. The van der Waals surface area contributed by atoms with E-state index in [1.165, 1.54) is 6.42 Å². The number of amides is 1. The average Bonchev–Trinajstić information content (AvgIpc) is 2.74. The molecule has 166 valence electrons. The molecule has 1 aliphatic carbocycles. The maximum absolute atomic E-state index is 12.6. The zero-order valence-corrected chi connectivity index (χ0v) is 19.3. The summed E-state index contributed by atoms with van der Waals surface area (Å²) in [5, 5.41) is 6.15. The van der Waals surface area contributed by atoms with Crippen LogP contribution in [0.2, 0.25) is 0 Å². The summed E-state index contributed by atoms with van der Waals surface area (Å²) in [5.41, 5.74) is 2.60. The van der Waals surface area contributed by atoms with Gasteiger partial charge in [0.15, 0.2) is 5.11 Å². The molecule has 0 atom stereocenters. The standard InChI is InChI=1S/C23H29N3O3S2/c1-17-6-5-7-19(16-17)22(27)24-15-14-18-10-12-21(13-11-18)31(28,29)26-23(30)25-20-8-3-2-4-9-20/h5-7,10-13,16,20H,2-4,8-9,14-15H2,1H3,(H,24,27)(H2,25,26,30). The average molecular weight is 460 g/mol. The van der Waals surface area contributed by atoms with Gasteiger partial charge in [-0.05, 0) is 68.2 Å². The van der Waals surface area contributed by atoms with Crippen molar-refractivity contribution >= 4 is 33.3 Å². The maximum Gasteiger partial charge on any atom is 0.263 e. The minimum atomic E-state index is -3.72. The van der Waals surface area contributed by atoms with Gasteiger partial charge in [-0.1, -0.05) is 49.1 Å². The van der Waals surface area contributed by atoms with Crippen molar-refractivity contribution in [3.63, 3.8) is 0 Å². The maximum atomic E-state index is 12.6. The number of hydrogen-bond donors (Lipinski definition) is 3. The highest BCUT2D eigenvalue weighted by Crippen LogP contribution is 2.17. The van der Waals surface area contributed by atoms with Crippen LogP contribution in [0.1, 0.15) is 53.6 Å². The van der Waals surface area contributed by atoms with Crippen molar-refractivity contribution in [2.24, 2.45) is 0 Å². The minimum Gasteiger partial charge on any atom is -0.359 e. The van der Waals surface area contributed by atoms with E-state index < -0.39 is 10.0 Å². The molecule has 2 aromatic rings. The summed E-state index contributed by atoms with van der Waals surface area (Å²) in [6.07, 6.45) is 6.12.